The molecule has 0 saturated heterocycles. The SMILES string of the molecule is COC(=O)CSc1cncc(NCc2ccc(Br)cc2C)n1. The fourth-order valence-corrected chi connectivity index (χ4v) is 2.90. The first kappa shape index (κ1) is 16.8. The van der Waals surface area contributed by atoms with Crippen LogP contribution in [0.5, 0.6) is 0 Å². The molecule has 1 heterocycles. The fraction of sp³-hybridized carbons (Fsp3) is 0.267. The number of nitrogens with zero attached hydrogens (tertiary/aromatic N) is 2. The zero-order chi connectivity index (χ0) is 15.9. The molecule has 1 aromatic carbocycles. The number of thioether (sulfide) groups is 1. The number of nitrogens with one attached hydrogen (secondary N) is 1. The van der Waals surface area contributed by atoms with Crippen LogP contribution in [0.2, 0.25) is 0 Å². The molecule has 0 aliphatic rings. The van der Waals surface area contributed by atoms with Gasteiger partial charge in [-0.1, -0.05) is 33.8 Å². The Labute approximate surface area is 142 Å². The third-order valence-corrected chi connectivity index (χ3v) is 4.31. The normalized spacial score (nSPS) is 10.3. The molecule has 2 aromatic rings. The van der Waals surface area contributed by atoms with Gasteiger partial charge in [0, 0.05) is 11.0 Å². The van der Waals surface area contributed by atoms with Crippen molar-refractivity contribution in [3.8, 4) is 0 Å². The summed E-state index contributed by atoms with van der Waals surface area (Å²) >= 11 is 4.75. The number of aryl methyl sites for hydroxylation is 1. The first-order chi connectivity index (χ1) is 10.6. The Bertz CT molecular complexity index is 667. The summed E-state index contributed by atoms with van der Waals surface area (Å²) in [6, 6.07) is 6.15. The van der Waals surface area contributed by atoms with Gasteiger partial charge in [0.1, 0.15) is 10.8 Å². The zero-order valence-corrected chi connectivity index (χ0v) is 14.7. The highest BCUT2D eigenvalue weighted by molar-refractivity contribution is 9.10. The van der Waals surface area contributed by atoms with Crippen molar-refractivity contribution in [2.24, 2.45) is 0 Å². The molecule has 0 fully saturated rings. The van der Waals surface area contributed by atoms with E-state index in [4.69, 9.17) is 0 Å². The molecule has 1 N–H and O–H groups in total. The summed E-state index contributed by atoms with van der Waals surface area (Å²) in [7, 11) is 1.37. The monoisotopic (exact) mass is 381 g/mol. The van der Waals surface area contributed by atoms with Gasteiger partial charge in [0.05, 0.1) is 25.3 Å². The minimum absolute atomic E-state index is 0.223. The summed E-state index contributed by atoms with van der Waals surface area (Å²) in [5, 5.41) is 3.93. The lowest BCUT2D eigenvalue weighted by atomic mass is 10.1. The largest absolute Gasteiger partial charge is 0.468 e. The van der Waals surface area contributed by atoms with Gasteiger partial charge in [-0.3, -0.25) is 9.78 Å². The van der Waals surface area contributed by atoms with Crippen LogP contribution < -0.4 is 5.32 Å². The zero-order valence-electron chi connectivity index (χ0n) is 12.3. The minimum atomic E-state index is -0.282. The van der Waals surface area contributed by atoms with Crippen LogP contribution in [0.3, 0.4) is 0 Å². The smallest absolute Gasteiger partial charge is 0.316 e. The average Bonchev–Trinajstić information content (AvgIpc) is 2.52. The van der Waals surface area contributed by atoms with Gasteiger partial charge in [-0.25, -0.2) is 4.98 Å². The Morgan fingerprint density at radius 3 is 2.95 bits per heavy atom. The molecule has 0 radical (unpaired) electrons. The topological polar surface area (TPSA) is 64.1 Å². The highest BCUT2D eigenvalue weighted by Gasteiger charge is 2.05. The molecule has 5 nitrogen and oxygen atoms in total. The second-order valence-corrected chi connectivity index (χ2v) is 6.44. The lowest BCUT2D eigenvalue weighted by Crippen LogP contribution is -2.05. The molecule has 0 saturated carbocycles. The van der Waals surface area contributed by atoms with Gasteiger partial charge in [0.15, 0.2) is 0 Å². The van der Waals surface area contributed by atoms with Crippen molar-refractivity contribution >= 4 is 39.5 Å². The number of hydrogen-bond acceptors (Lipinski definition) is 6. The summed E-state index contributed by atoms with van der Waals surface area (Å²) in [5.74, 6) is 0.619. The highest BCUT2D eigenvalue weighted by Crippen LogP contribution is 2.18. The summed E-state index contributed by atoms with van der Waals surface area (Å²) < 4.78 is 5.67. The molecule has 0 amide bonds. The number of anilines is 1. The van der Waals surface area contributed by atoms with Gasteiger partial charge in [-0.2, -0.15) is 0 Å². The van der Waals surface area contributed by atoms with Crippen LogP contribution >= 0.6 is 27.7 Å². The Hall–Kier alpha value is -1.60. The number of benzene rings is 1. The lowest BCUT2D eigenvalue weighted by molar-refractivity contribution is -0.137. The number of hydrogen-bond donors (Lipinski definition) is 1. The van der Waals surface area contributed by atoms with Crippen molar-refractivity contribution in [2.45, 2.75) is 18.5 Å². The van der Waals surface area contributed by atoms with Gasteiger partial charge in [-0.15, -0.1) is 0 Å². The van der Waals surface area contributed by atoms with Crippen LogP contribution in [0.25, 0.3) is 0 Å². The first-order valence-electron chi connectivity index (χ1n) is 6.59. The molecular weight excluding hydrogens is 366 g/mol. The van der Waals surface area contributed by atoms with Gasteiger partial charge in [-0.05, 0) is 30.2 Å². The van der Waals surface area contributed by atoms with Crippen LogP contribution in [-0.2, 0) is 16.1 Å². The molecule has 0 spiro atoms. The molecule has 22 heavy (non-hydrogen) atoms. The van der Waals surface area contributed by atoms with E-state index in [1.807, 2.05) is 6.07 Å². The number of aromatic nitrogens is 2. The predicted octanol–water partition coefficient (Wildman–Crippen LogP) is 3.42. The Balaban J connectivity index is 1.96. The average molecular weight is 382 g/mol. The number of halogens is 1. The minimum Gasteiger partial charge on any atom is -0.468 e. The van der Waals surface area contributed by atoms with Crippen LogP contribution in [0.15, 0.2) is 40.1 Å². The maximum Gasteiger partial charge on any atom is 0.316 e. The van der Waals surface area contributed by atoms with Crippen molar-refractivity contribution in [3.05, 3.63) is 46.2 Å². The van der Waals surface area contributed by atoms with Crippen molar-refractivity contribution in [2.75, 3.05) is 18.2 Å². The number of carbonyl (C=O) groups excluding carboxylic acids is 1. The van der Waals surface area contributed by atoms with E-state index in [1.54, 1.807) is 12.4 Å². The summed E-state index contributed by atoms with van der Waals surface area (Å²) in [6.07, 6.45) is 3.29. The number of esters is 1. The van der Waals surface area contributed by atoms with Crippen LogP contribution in [0.1, 0.15) is 11.1 Å². The Morgan fingerprint density at radius 2 is 2.23 bits per heavy atom. The first-order valence-corrected chi connectivity index (χ1v) is 8.37. The molecule has 7 heteroatoms. The molecular formula is C15H16BrN3O2S. The van der Waals surface area contributed by atoms with Crippen molar-refractivity contribution in [1.29, 1.82) is 0 Å². The molecule has 0 aliphatic carbocycles. The number of ether oxygens (including phenoxy) is 1. The second kappa shape index (κ2) is 8.14. The van der Waals surface area contributed by atoms with Crippen LogP contribution in [-0.4, -0.2) is 28.8 Å². The standard InChI is InChI=1S/C15H16BrN3O2S/c1-10-5-12(16)4-3-11(10)6-18-13-7-17-8-14(19-13)22-9-15(20)21-2/h3-5,7-8H,6,9H2,1-2H3,(H,18,19). The highest BCUT2D eigenvalue weighted by atomic mass is 79.9. The quantitative estimate of drug-likeness (QED) is 0.610. The number of rotatable bonds is 6. The maximum atomic E-state index is 11.1. The van der Waals surface area contributed by atoms with Gasteiger partial charge in [0.25, 0.3) is 0 Å². The second-order valence-electron chi connectivity index (χ2n) is 4.53. The van der Waals surface area contributed by atoms with Crippen molar-refractivity contribution in [1.82, 2.24) is 9.97 Å². The molecule has 0 aliphatic heterocycles. The molecule has 2 rings (SSSR count). The van der Waals surface area contributed by atoms with Crippen LogP contribution in [0.4, 0.5) is 5.82 Å². The summed E-state index contributed by atoms with van der Waals surface area (Å²) in [6.45, 7) is 2.73. The van der Waals surface area contributed by atoms with E-state index in [0.717, 1.165) is 4.47 Å². The van der Waals surface area contributed by atoms with Crippen molar-refractivity contribution < 1.29 is 9.53 Å². The van der Waals surface area contributed by atoms with Gasteiger partial charge in [0.2, 0.25) is 0 Å². The van der Waals surface area contributed by atoms with E-state index in [2.05, 4.69) is 55.0 Å². The van der Waals surface area contributed by atoms with E-state index in [0.29, 0.717) is 17.4 Å². The van der Waals surface area contributed by atoms with Crippen molar-refractivity contribution in [3.63, 3.8) is 0 Å². The molecule has 1 aromatic heterocycles. The lowest BCUT2D eigenvalue weighted by Gasteiger charge is -2.09. The van der Waals surface area contributed by atoms with E-state index in [1.165, 1.54) is 30.0 Å². The molecule has 0 bridgehead atoms. The van der Waals surface area contributed by atoms with Crippen LogP contribution in [0, 0.1) is 6.92 Å². The molecule has 116 valence electrons. The Morgan fingerprint density at radius 1 is 1.41 bits per heavy atom. The third-order valence-electron chi connectivity index (χ3n) is 2.94. The molecule has 0 atom stereocenters. The van der Waals surface area contributed by atoms with Gasteiger partial charge < -0.3 is 10.1 Å². The third kappa shape index (κ3) is 4.99. The van der Waals surface area contributed by atoms with Gasteiger partial charge >= 0.3 is 5.97 Å². The predicted molar refractivity (Wildman–Crippen MR) is 91.0 cm³/mol. The number of carbonyl (C=O) groups is 1. The van der Waals surface area contributed by atoms with E-state index < -0.39 is 0 Å². The summed E-state index contributed by atoms with van der Waals surface area (Å²) in [4.78, 5) is 19.7. The van der Waals surface area contributed by atoms with E-state index >= 15 is 0 Å². The fourth-order valence-electron chi connectivity index (χ4n) is 1.74. The summed E-state index contributed by atoms with van der Waals surface area (Å²) in [5.41, 5.74) is 2.39. The van der Waals surface area contributed by atoms with E-state index in [-0.39, 0.29) is 11.7 Å². The molecule has 0 unspecified atom stereocenters. The van der Waals surface area contributed by atoms with E-state index in [9.17, 15) is 4.79 Å². The Kier molecular flexibility index (Phi) is 6.21. The maximum absolute atomic E-state index is 11.1. The number of methoxy groups -OCH3 is 1.